The van der Waals surface area contributed by atoms with Crippen LogP contribution in [0.1, 0.15) is 17.7 Å². The highest BCUT2D eigenvalue weighted by Crippen LogP contribution is 2.28. The molecular formula is C12H16N2O5S2. The van der Waals surface area contributed by atoms with Gasteiger partial charge in [0, 0.05) is 23.9 Å². The van der Waals surface area contributed by atoms with Gasteiger partial charge in [0.2, 0.25) is 15.9 Å². The van der Waals surface area contributed by atoms with Crippen molar-refractivity contribution in [3.05, 3.63) is 17.0 Å². The van der Waals surface area contributed by atoms with E-state index in [0.717, 1.165) is 24.2 Å². The Balaban J connectivity index is 1.81. The summed E-state index contributed by atoms with van der Waals surface area (Å²) in [6.07, 6.45) is 1.61. The highest BCUT2D eigenvalue weighted by atomic mass is 32.2. The molecule has 9 heteroatoms. The van der Waals surface area contributed by atoms with Gasteiger partial charge in [0.15, 0.2) is 0 Å². The van der Waals surface area contributed by atoms with E-state index in [0.29, 0.717) is 4.88 Å². The second-order valence-electron chi connectivity index (χ2n) is 4.75. The van der Waals surface area contributed by atoms with E-state index >= 15 is 0 Å². The highest BCUT2D eigenvalue weighted by Gasteiger charge is 2.29. The van der Waals surface area contributed by atoms with E-state index in [1.54, 1.807) is 0 Å². The monoisotopic (exact) mass is 332 g/mol. The Kier molecular flexibility index (Phi) is 4.96. The van der Waals surface area contributed by atoms with Gasteiger partial charge in [-0.2, -0.15) is 0 Å². The van der Waals surface area contributed by atoms with Crippen molar-refractivity contribution >= 4 is 33.2 Å². The van der Waals surface area contributed by atoms with Gasteiger partial charge in [-0.1, -0.05) is 0 Å². The number of thiophene rings is 1. The number of hydrogen-bond donors (Lipinski definition) is 3. The van der Waals surface area contributed by atoms with Crippen LogP contribution in [0.2, 0.25) is 0 Å². The second-order valence-corrected chi connectivity index (χ2v) is 7.92. The minimum absolute atomic E-state index is 0.0333. The van der Waals surface area contributed by atoms with Crippen molar-refractivity contribution in [3.8, 4) is 0 Å². The molecule has 1 saturated carbocycles. The summed E-state index contributed by atoms with van der Waals surface area (Å²) in [6.45, 7) is 0.342. The van der Waals surface area contributed by atoms with Crippen LogP contribution in [0.3, 0.4) is 0 Å². The van der Waals surface area contributed by atoms with E-state index in [-0.39, 0.29) is 35.5 Å². The molecule has 0 radical (unpaired) electrons. The third-order valence-corrected chi connectivity index (χ3v) is 5.93. The van der Waals surface area contributed by atoms with Gasteiger partial charge in [-0.25, -0.2) is 13.1 Å². The summed E-state index contributed by atoms with van der Waals surface area (Å²) in [5, 5.41) is 11.3. The Morgan fingerprint density at radius 2 is 2.00 bits per heavy atom. The first kappa shape index (κ1) is 15.9. The Labute approximate surface area is 126 Å². The minimum Gasteiger partial charge on any atom is -0.481 e. The van der Waals surface area contributed by atoms with Crippen molar-refractivity contribution in [2.75, 3.05) is 13.1 Å². The number of nitrogens with one attached hydrogen (secondary N) is 2. The Hall–Kier alpha value is -1.45. The van der Waals surface area contributed by atoms with Crippen molar-refractivity contribution in [3.63, 3.8) is 0 Å². The molecular weight excluding hydrogens is 316 g/mol. The van der Waals surface area contributed by atoms with Crippen LogP contribution in [-0.4, -0.2) is 38.5 Å². The first-order chi connectivity index (χ1) is 9.88. The molecule has 116 valence electrons. The lowest BCUT2D eigenvalue weighted by Gasteiger charge is -2.06. The maximum atomic E-state index is 12.0. The fraction of sp³-hybridized carbons (Fsp3) is 0.500. The molecule has 0 atom stereocenters. The summed E-state index contributed by atoms with van der Waals surface area (Å²) in [5.74, 6) is -0.942. The van der Waals surface area contributed by atoms with Crippen LogP contribution in [0.25, 0.3) is 0 Å². The van der Waals surface area contributed by atoms with Crippen LogP contribution in [0, 0.1) is 5.92 Å². The lowest BCUT2D eigenvalue weighted by atomic mass is 10.3. The fourth-order valence-corrected chi connectivity index (χ4v) is 4.10. The molecule has 0 saturated heterocycles. The Bertz CT molecular complexity index is 634. The number of carboxylic acid groups (broad SMARTS) is 1. The van der Waals surface area contributed by atoms with Gasteiger partial charge in [-0.15, -0.1) is 11.3 Å². The molecule has 0 aliphatic heterocycles. The molecule has 0 aromatic carbocycles. The summed E-state index contributed by atoms with van der Waals surface area (Å²) < 4.78 is 26.4. The summed E-state index contributed by atoms with van der Waals surface area (Å²) in [4.78, 5) is 22.4. The number of aliphatic carboxylic acids is 1. The molecule has 1 heterocycles. The van der Waals surface area contributed by atoms with Crippen LogP contribution in [0.4, 0.5) is 0 Å². The van der Waals surface area contributed by atoms with Crippen LogP contribution < -0.4 is 10.0 Å². The van der Waals surface area contributed by atoms with Crippen molar-refractivity contribution < 1.29 is 23.1 Å². The van der Waals surface area contributed by atoms with Gasteiger partial charge in [-0.05, 0) is 25.0 Å². The Morgan fingerprint density at radius 1 is 1.29 bits per heavy atom. The zero-order valence-electron chi connectivity index (χ0n) is 11.2. The molecule has 1 fully saturated rings. The van der Waals surface area contributed by atoms with E-state index in [1.165, 1.54) is 12.1 Å². The SMILES string of the molecule is O=C(O)Cc1ccc(S(=O)(=O)NCCNC(=O)C2CC2)s1. The first-order valence-corrected chi connectivity index (χ1v) is 8.76. The molecule has 1 aromatic rings. The molecule has 7 nitrogen and oxygen atoms in total. The molecule has 0 spiro atoms. The third kappa shape index (κ3) is 4.80. The van der Waals surface area contributed by atoms with Crippen molar-refractivity contribution in [2.24, 2.45) is 5.92 Å². The summed E-state index contributed by atoms with van der Waals surface area (Å²) in [7, 11) is -3.65. The number of carboxylic acids is 1. The number of carbonyl (C=O) groups excluding carboxylic acids is 1. The average Bonchev–Trinajstić information content (AvgIpc) is 3.14. The van der Waals surface area contributed by atoms with Crippen LogP contribution in [0.5, 0.6) is 0 Å². The number of rotatable bonds is 8. The molecule has 1 aliphatic rings. The van der Waals surface area contributed by atoms with Gasteiger partial charge in [0.05, 0.1) is 6.42 Å². The zero-order chi connectivity index (χ0) is 15.5. The van der Waals surface area contributed by atoms with E-state index < -0.39 is 16.0 Å². The van der Waals surface area contributed by atoms with Crippen LogP contribution >= 0.6 is 11.3 Å². The quantitative estimate of drug-likeness (QED) is 0.588. The molecule has 1 aliphatic carbocycles. The lowest BCUT2D eigenvalue weighted by Crippen LogP contribution is -2.35. The summed E-state index contributed by atoms with van der Waals surface area (Å²) >= 11 is 0.929. The van der Waals surface area contributed by atoms with Crippen molar-refractivity contribution in [1.82, 2.24) is 10.0 Å². The van der Waals surface area contributed by atoms with Gasteiger partial charge in [0.1, 0.15) is 4.21 Å². The molecule has 2 rings (SSSR count). The van der Waals surface area contributed by atoms with E-state index in [9.17, 15) is 18.0 Å². The van der Waals surface area contributed by atoms with Crippen molar-refractivity contribution in [2.45, 2.75) is 23.5 Å². The molecule has 3 N–H and O–H groups in total. The predicted molar refractivity (Wildman–Crippen MR) is 76.6 cm³/mol. The topological polar surface area (TPSA) is 113 Å². The fourth-order valence-electron chi connectivity index (χ4n) is 1.68. The predicted octanol–water partition coefficient (Wildman–Crippen LogP) is 0.180. The smallest absolute Gasteiger partial charge is 0.308 e. The average molecular weight is 332 g/mol. The van der Waals surface area contributed by atoms with Gasteiger partial charge in [0.25, 0.3) is 0 Å². The summed E-state index contributed by atoms with van der Waals surface area (Å²) in [5.41, 5.74) is 0. The van der Waals surface area contributed by atoms with Crippen LogP contribution in [0.15, 0.2) is 16.3 Å². The third-order valence-electron chi connectivity index (χ3n) is 2.89. The van der Waals surface area contributed by atoms with Crippen molar-refractivity contribution in [1.29, 1.82) is 0 Å². The Morgan fingerprint density at radius 3 is 2.62 bits per heavy atom. The maximum Gasteiger partial charge on any atom is 0.308 e. The molecule has 21 heavy (non-hydrogen) atoms. The number of hydrogen-bond acceptors (Lipinski definition) is 5. The van der Waals surface area contributed by atoms with E-state index in [2.05, 4.69) is 10.0 Å². The molecule has 0 unspecified atom stereocenters. The number of sulfonamides is 1. The minimum atomic E-state index is -3.65. The largest absolute Gasteiger partial charge is 0.481 e. The van der Waals surface area contributed by atoms with Crippen LogP contribution in [-0.2, 0) is 26.0 Å². The number of amides is 1. The maximum absolute atomic E-state index is 12.0. The lowest BCUT2D eigenvalue weighted by molar-refractivity contribution is -0.136. The normalized spacial score (nSPS) is 14.9. The standard InChI is InChI=1S/C12H16N2O5S2/c15-10(16)7-9-3-4-11(20-9)21(18,19)14-6-5-13-12(17)8-1-2-8/h3-4,8,14H,1-2,5-7H2,(H,13,17)(H,15,16). The first-order valence-electron chi connectivity index (χ1n) is 6.46. The highest BCUT2D eigenvalue weighted by molar-refractivity contribution is 7.91. The van der Waals surface area contributed by atoms with E-state index in [4.69, 9.17) is 5.11 Å². The molecule has 1 aromatic heterocycles. The van der Waals surface area contributed by atoms with Gasteiger partial charge in [-0.3, -0.25) is 9.59 Å². The molecule has 1 amide bonds. The summed E-state index contributed by atoms with van der Waals surface area (Å²) in [6, 6.07) is 2.87. The molecule has 0 bridgehead atoms. The van der Waals surface area contributed by atoms with E-state index in [1.807, 2.05) is 0 Å². The zero-order valence-corrected chi connectivity index (χ0v) is 12.8. The second kappa shape index (κ2) is 6.54. The number of carbonyl (C=O) groups is 2. The van der Waals surface area contributed by atoms with Gasteiger partial charge >= 0.3 is 5.97 Å². The van der Waals surface area contributed by atoms with Gasteiger partial charge < -0.3 is 10.4 Å².